The molecule has 0 spiro atoms. The monoisotopic (exact) mass is 207 g/mol. The first-order valence-electron chi connectivity index (χ1n) is 6.49. The summed E-state index contributed by atoms with van der Waals surface area (Å²) in [6.07, 6.45) is 8.51. The van der Waals surface area contributed by atoms with E-state index >= 15 is 0 Å². The minimum Gasteiger partial charge on any atom is -0.198 e. The maximum Gasteiger partial charge on any atom is 0.0689 e. The van der Waals surface area contributed by atoms with Gasteiger partial charge in [0, 0.05) is 0 Å². The zero-order chi connectivity index (χ0) is 11.3. The lowest BCUT2D eigenvalue weighted by Gasteiger charge is -2.34. The molecule has 0 heterocycles. The smallest absolute Gasteiger partial charge is 0.0689 e. The van der Waals surface area contributed by atoms with Gasteiger partial charge in [0.2, 0.25) is 0 Å². The van der Waals surface area contributed by atoms with Gasteiger partial charge in [-0.1, -0.05) is 46.5 Å². The molecular formula is C14H25N. The first-order valence-corrected chi connectivity index (χ1v) is 6.49. The molecule has 2 unspecified atom stereocenters. The van der Waals surface area contributed by atoms with Crippen LogP contribution in [0.1, 0.15) is 65.7 Å². The number of rotatable bonds is 4. The normalized spacial score (nSPS) is 31.5. The van der Waals surface area contributed by atoms with Gasteiger partial charge >= 0.3 is 0 Å². The van der Waals surface area contributed by atoms with Gasteiger partial charge in [-0.25, -0.2) is 0 Å². The highest BCUT2D eigenvalue weighted by Crippen LogP contribution is 2.42. The van der Waals surface area contributed by atoms with Crippen molar-refractivity contribution < 1.29 is 0 Å². The van der Waals surface area contributed by atoms with Crippen LogP contribution in [0.25, 0.3) is 0 Å². The average Bonchev–Trinajstić information content (AvgIpc) is 2.17. The van der Waals surface area contributed by atoms with Crippen molar-refractivity contribution in [2.24, 2.45) is 17.3 Å². The fourth-order valence-electron chi connectivity index (χ4n) is 2.89. The topological polar surface area (TPSA) is 23.8 Å². The summed E-state index contributed by atoms with van der Waals surface area (Å²) in [5.74, 6) is 1.54. The highest BCUT2D eigenvalue weighted by molar-refractivity contribution is 5.01. The maximum absolute atomic E-state index is 9.37. The van der Waals surface area contributed by atoms with Crippen LogP contribution in [0.15, 0.2) is 0 Å². The van der Waals surface area contributed by atoms with Crippen LogP contribution in [0.4, 0.5) is 0 Å². The van der Waals surface area contributed by atoms with Crippen molar-refractivity contribution in [3.63, 3.8) is 0 Å². The van der Waals surface area contributed by atoms with Crippen molar-refractivity contribution in [1.29, 1.82) is 5.26 Å². The predicted octanol–water partition coefficient (Wildman–Crippen LogP) is 4.53. The first-order chi connectivity index (χ1) is 7.08. The molecule has 0 aromatic rings. The molecule has 0 radical (unpaired) electrons. The van der Waals surface area contributed by atoms with Crippen molar-refractivity contribution in [2.75, 3.05) is 0 Å². The zero-order valence-corrected chi connectivity index (χ0v) is 10.6. The first kappa shape index (κ1) is 12.6. The Bertz CT molecular complexity index is 226. The Morgan fingerprint density at radius 3 is 2.73 bits per heavy atom. The van der Waals surface area contributed by atoms with E-state index in [1.807, 2.05) is 0 Å². The molecular weight excluding hydrogens is 182 g/mol. The molecule has 86 valence electrons. The molecule has 0 aromatic heterocycles. The van der Waals surface area contributed by atoms with Crippen LogP contribution in [0.5, 0.6) is 0 Å². The van der Waals surface area contributed by atoms with Crippen LogP contribution in [-0.2, 0) is 0 Å². The molecule has 1 heteroatoms. The van der Waals surface area contributed by atoms with E-state index in [0.717, 1.165) is 31.1 Å². The van der Waals surface area contributed by atoms with Gasteiger partial charge in [-0.05, 0) is 31.1 Å². The van der Waals surface area contributed by atoms with E-state index in [-0.39, 0.29) is 5.41 Å². The lowest BCUT2D eigenvalue weighted by molar-refractivity contribution is 0.190. The molecule has 0 N–H and O–H groups in total. The Morgan fingerprint density at radius 1 is 1.47 bits per heavy atom. The van der Waals surface area contributed by atoms with Gasteiger partial charge in [-0.2, -0.15) is 5.26 Å². The summed E-state index contributed by atoms with van der Waals surface area (Å²) in [6.45, 7) is 6.83. The summed E-state index contributed by atoms with van der Waals surface area (Å²) in [5.41, 5.74) is 0.0343. The average molecular weight is 207 g/mol. The Kier molecular flexibility index (Phi) is 4.64. The molecule has 1 saturated carbocycles. The van der Waals surface area contributed by atoms with Gasteiger partial charge in [-0.3, -0.25) is 0 Å². The lowest BCUT2D eigenvalue weighted by Crippen LogP contribution is -2.26. The van der Waals surface area contributed by atoms with E-state index in [1.165, 1.54) is 25.7 Å². The van der Waals surface area contributed by atoms with E-state index in [2.05, 4.69) is 26.8 Å². The van der Waals surface area contributed by atoms with Gasteiger partial charge in [0.1, 0.15) is 0 Å². The molecule has 1 nitrogen and oxygen atoms in total. The third-order valence-corrected chi connectivity index (χ3v) is 3.77. The van der Waals surface area contributed by atoms with Crippen LogP contribution in [-0.4, -0.2) is 0 Å². The molecule has 2 atom stereocenters. The van der Waals surface area contributed by atoms with E-state index in [1.54, 1.807) is 0 Å². The Balaban J connectivity index is 2.42. The van der Waals surface area contributed by atoms with Crippen LogP contribution in [0.2, 0.25) is 0 Å². The maximum atomic E-state index is 9.37. The summed E-state index contributed by atoms with van der Waals surface area (Å²) >= 11 is 0. The number of hydrogen-bond acceptors (Lipinski definition) is 1. The third-order valence-electron chi connectivity index (χ3n) is 3.77. The second-order valence-electron chi connectivity index (χ2n) is 5.88. The Hall–Kier alpha value is -0.510. The van der Waals surface area contributed by atoms with E-state index < -0.39 is 0 Å². The zero-order valence-electron chi connectivity index (χ0n) is 10.6. The van der Waals surface area contributed by atoms with Crippen molar-refractivity contribution in [1.82, 2.24) is 0 Å². The van der Waals surface area contributed by atoms with Crippen molar-refractivity contribution in [3.05, 3.63) is 0 Å². The lowest BCUT2D eigenvalue weighted by atomic mass is 9.68. The highest BCUT2D eigenvalue weighted by Gasteiger charge is 2.34. The Morgan fingerprint density at radius 2 is 2.20 bits per heavy atom. The van der Waals surface area contributed by atoms with Crippen LogP contribution in [0, 0.1) is 28.6 Å². The number of nitrogens with zero attached hydrogens (tertiary/aromatic N) is 1. The van der Waals surface area contributed by atoms with E-state index in [9.17, 15) is 5.26 Å². The Labute approximate surface area is 94.9 Å². The van der Waals surface area contributed by atoms with Gasteiger partial charge in [0.25, 0.3) is 0 Å². The summed E-state index contributed by atoms with van der Waals surface area (Å²) < 4.78 is 0. The second kappa shape index (κ2) is 5.54. The van der Waals surface area contributed by atoms with Crippen LogP contribution < -0.4 is 0 Å². The molecule has 0 aromatic carbocycles. The van der Waals surface area contributed by atoms with E-state index in [0.29, 0.717) is 0 Å². The highest BCUT2D eigenvalue weighted by atomic mass is 14.4. The van der Waals surface area contributed by atoms with Crippen molar-refractivity contribution in [2.45, 2.75) is 65.7 Å². The molecule has 1 aliphatic carbocycles. The molecule has 15 heavy (non-hydrogen) atoms. The van der Waals surface area contributed by atoms with Crippen LogP contribution in [0.3, 0.4) is 0 Å². The molecule has 1 aliphatic rings. The summed E-state index contributed by atoms with van der Waals surface area (Å²) in [7, 11) is 0. The van der Waals surface area contributed by atoms with Gasteiger partial charge in [-0.15, -0.1) is 0 Å². The standard InChI is InChI=1S/C14H25N/c1-12(2)6-4-8-14(11-15)9-5-7-13(3)10-14/h12-13H,4-10H2,1-3H3. The summed E-state index contributed by atoms with van der Waals surface area (Å²) in [5, 5.41) is 9.37. The van der Waals surface area contributed by atoms with E-state index in [4.69, 9.17) is 0 Å². The molecule has 0 bridgehead atoms. The van der Waals surface area contributed by atoms with Crippen molar-refractivity contribution >= 4 is 0 Å². The van der Waals surface area contributed by atoms with Gasteiger partial charge < -0.3 is 0 Å². The fourth-order valence-corrected chi connectivity index (χ4v) is 2.89. The molecule has 0 aliphatic heterocycles. The van der Waals surface area contributed by atoms with Crippen molar-refractivity contribution in [3.8, 4) is 6.07 Å². The number of hydrogen-bond donors (Lipinski definition) is 0. The summed E-state index contributed by atoms with van der Waals surface area (Å²) in [4.78, 5) is 0. The molecule has 1 rings (SSSR count). The third kappa shape index (κ3) is 3.86. The predicted molar refractivity (Wildman–Crippen MR) is 64.4 cm³/mol. The second-order valence-corrected chi connectivity index (χ2v) is 5.88. The SMILES string of the molecule is CC(C)CCCC1(C#N)CCCC(C)C1. The molecule has 0 amide bonds. The minimum absolute atomic E-state index is 0.0343. The van der Waals surface area contributed by atoms with Gasteiger partial charge in [0.15, 0.2) is 0 Å². The fraction of sp³-hybridized carbons (Fsp3) is 0.929. The molecule has 0 saturated heterocycles. The quantitative estimate of drug-likeness (QED) is 0.664. The van der Waals surface area contributed by atoms with Gasteiger partial charge in [0.05, 0.1) is 11.5 Å². The van der Waals surface area contributed by atoms with Crippen LogP contribution >= 0.6 is 0 Å². The largest absolute Gasteiger partial charge is 0.198 e. The molecule has 1 fully saturated rings. The number of nitriles is 1. The summed E-state index contributed by atoms with van der Waals surface area (Å²) in [6, 6.07) is 2.62. The minimum atomic E-state index is 0.0343.